The summed E-state index contributed by atoms with van der Waals surface area (Å²) in [6.45, 7) is 7.58. The predicted molar refractivity (Wildman–Crippen MR) is 119 cm³/mol. The van der Waals surface area contributed by atoms with E-state index < -0.39 is 17.7 Å². The number of benzene rings is 1. The summed E-state index contributed by atoms with van der Waals surface area (Å²) in [6.07, 6.45) is 2.36. The number of aliphatic hydroxyl groups is 1. The Morgan fingerprint density at radius 3 is 2.43 bits per heavy atom. The minimum Gasteiger partial charge on any atom is -0.503 e. The summed E-state index contributed by atoms with van der Waals surface area (Å²) in [5.74, 6) is -0.732. The fraction of sp³-hybridized carbons (Fsp3) is 0.417. The highest BCUT2D eigenvalue weighted by atomic mass is 32.1. The van der Waals surface area contributed by atoms with Crippen molar-refractivity contribution in [3.63, 3.8) is 0 Å². The van der Waals surface area contributed by atoms with Crippen molar-refractivity contribution in [1.82, 2.24) is 9.80 Å². The summed E-state index contributed by atoms with van der Waals surface area (Å²) < 4.78 is 0. The Kier molecular flexibility index (Phi) is 6.06. The average Bonchev–Trinajstić information content (AvgIpc) is 3.49. The molecule has 0 spiro atoms. The third-order valence-corrected chi connectivity index (χ3v) is 6.94. The monoisotopic (exact) mass is 424 g/mol. The van der Waals surface area contributed by atoms with Gasteiger partial charge in [0.15, 0.2) is 5.76 Å². The van der Waals surface area contributed by atoms with Crippen LogP contribution in [0.5, 0.6) is 0 Å². The maximum absolute atomic E-state index is 13.2. The molecule has 2 aromatic rings. The standard InChI is InChI=1S/C24H28N2O3S/c1-16(2)17-7-9-18(10-8-17)21-20(22(27)19-6-5-15-30-19)23(28)24(29)26(21)14-13-25-11-3-4-12-25/h5-10,15-16,21,28H,3-4,11-14H2,1-2H3. The number of Topliss-reactive ketones (excluding diaryl/α,β-unsaturated/α-hetero) is 1. The predicted octanol–water partition coefficient (Wildman–Crippen LogP) is 4.55. The quantitative estimate of drug-likeness (QED) is 0.663. The lowest BCUT2D eigenvalue weighted by Gasteiger charge is -2.29. The molecular weight excluding hydrogens is 396 g/mol. The highest BCUT2D eigenvalue weighted by Crippen LogP contribution is 2.39. The van der Waals surface area contributed by atoms with Gasteiger partial charge in [-0.2, -0.15) is 0 Å². The van der Waals surface area contributed by atoms with Crippen LogP contribution in [-0.4, -0.2) is 52.8 Å². The van der Waals surface area contributed by atoms with E-state index in [0.29, 0.717) is 17.3 Å². The lowest BCUT2D eigenvalue weighted by molar-refractivity contribution is -0.129. The van der Waals surface area contributed by atoms with Crippen LogP contribution in [0.4, 0.5) is 0 Å². The number of nitrogens with zero attached hydrogens (tertiary/aromatic N) is 2. The molecule has 158 valence electrons. The number of aliphatic hydroxyl groups excluding tert-OH is 1. The smallest absolute Gasteiger partial charge is 0.290 e. The number of carbonyl (C=O) groups excluding carboxylic acids is 2. The summed E-state index contributed by atoms with van der Waals surface area (Å²) in [7, 11) is 0. The van der Waals surface area contributed by atoms with E-state index in [9.17, 15) is 14.7 Å². The first-order valence-electron chi connectivity index (χ1n) is 10.6. The molecule has 2 aliphatic rings. The topological polar surface area (TPSA) is 60.9 Å². The Morgan fingerprint density at radius 2 is 1.83 bits per heavy atom. The van der Waals surface area contributed by atoms with Gasteiger partial charge >= 0.3 is 0 Å². The second kappa shape index (κ2) is 8.74. The van der Waals surface area contributed by atoms with Gasteiger partial charge in [-0.1, -0.05) is 44.2 Å². The Balaban J connectivity index is 1.68. The first-order chi connectivity index (χ1) is 14.5. The molecule has 4 rings (SSSR count). The highest BCUT2D eigenvalue weighted by molar-refractivity contribution is 7.12. The average molecular weight is 425 g/mol. The fourth-order valence-electron chi connectivity index (χ4n) is 4.32. The van der Waals surface area contributed by atoms with Crippen LogP contribution in [0.1, 0.15) is 59.4 Å². The molecule has 1 aromatic heterocycles. The molecule has 1 aromatic carbocycles. The first-order valence-corrected chi connectivity index (χ1v) is 11.5. The van der Waals surface area contributed by atoms with E-state index in [0.717, 1.165) is 25.2 Å². The molecule has 1 unspecified atom stereocenters. The first kappa shape index (κ1) is 20.8. The molecule has 3 heterocycles. The molecule has 1 saturated heterocycles. The Hall–Kier alpha value is -2.44. The van der Waals surface area contributed by atoms with Gasteiger partial charge in [0, 0.05) is 13.1 Å². The largest absolute Gasteiger partial charge is 0.503 e. The van der Waals surface area contributed by atoms with Crippen LogP contribution in [0.15, 0.2) is 53.1 Å². The van der Waals surface area contributed by atoms with Gasteiger partial charge in [0.1, 0.15) is 0 Å². The summed E-state index contributed by atoms with van der Waals surface area (Å²) in [5, 5.41) is 12.6. The van der Waals surface area contributed by atoms with Crippen LogP contribution >= 0.6 is 11.3 Å². The molecule has 0 bridgehead atoms. The Bertz CT molecular complexity index is 941. The molecule has 1 amide bonds. The molecule has 6 heteroatoms. The zero-order chi connectivity index (χ0) is 21.3. The molecule has 2 aliphatic heterocycles. The molecule has 1 atom stereocenters. The number of hydrogen-bond donors (Lipinski definition) is 1. The number of ketones is 1. The second-order valence-corrected chi connectivity index (χ2v) is 9.29. The van der Waals surface area contributed by atoms with Gasteiger partial charge in [-0.15, -0.1) is 11.3 Å². The van der Waals surface area contributed by atoms with Crippen molar-refractivity contribution in [2.24, 2.45) is 0 Å². The number of hydrogen-bond acceptors (Lipinski definition) is 5. The van der Waals surface area contributed by atoms with Crippen molar-refractivity contribution >= 4 is 23.0 Å². The Labute approximate surface area is 181 Å². The van der Waals surface area contributed by atoms with Crippen LogP contribution in [0.25, 0.3) is 0 Å². The SMILES string of the molecule is CC(C)c1ccc(C2C(C(=O)c3cccs3)=C(O)C(=O)N2CCN2CCCC2)cc1. The molecule has 0 radical (unpaired) electrons. The van der Waals surface area contributed by atoms with Crippen LogP contribution < -0.4 is 0 Å². The van der Waals surface area contributed by atoms with Crippen LogP contribution in [-0.2, 0) is 4.79 Å². The maximum Gasteiger partial charge on any atom is 0.290 e. The molecule has 5 nitrogen and oxygen atoms in total. The number of amides is 1. The molecule has 30 heavy (non-hydrogen) atoms. The van der Waals surface area contributed by atoms with Crippen LogP contribution in [0, 0.1) is 0 Å². The maximum atomic E-state index is 13.2. The summed E-state index contributed by atoms with van der Waals surface area (Å²) in [5.41, 5.74) is 2.25. The van der Waals surface area contributed by atoms with Crippen molar-refractivity contribution in [1.29, 1.82) is 0 Å². The van der Waals surface area contributed by atoms with Crippen molar-refractivity contribution in [2.75, 3.05) is 26.2 Å². The zero-order valence-corrected chi connectivity index (χ0v) is 18.3. The summed E-state index contributed by atoms with van der Waals surface area (Å²) >= 11 is 1.33. The van der Waals surface area contributed by atoms with Gasteiger partial charge in [-0.3, -0.25) is 9.59 Å². The zero-order valence-electron chi connectivity index (χ0n) is 17.5. The normalized spacial score (nSPS) is 20.0. The van der Waals surface area contributed by atoms with Gasteiger partial charge in [0.2, 0.25) is 5.78 Å². The third-order valence-electron chi connectivity index (χ3n) is 6.07. The minimum atomic E-state index is -0.559. The molecule has 0 aliphatic carbocycles. The van der Waals surface area contributed by atoms with E-state index in [2.05, 4.69) is 18.7 Å². The molecular formula is C24H28N2O3S. The third kappa shape index (κ3) is 3.94. The van der Waals surface area contributed by atoms with Gasteiger partial charge in [-0.25, -0.2) is 0 Å². The van der Waals surface area contributed by atoms with Crippen molar-refractivity contribution in [3.05, 3.63) is 69.1 Å². The second-order valence-electron chi connectivity index (χ2n) is 8.34. The lowest BCUT2D eigenvalue weighted by atomic mass is 9.93. The minimum absolute atomic E-state index is 0.196. The van der Waals surface area contributed by atoms with E-state index in [4.69, 9.17) is 0 Å². The van der Waals surface area contributed by atoms with Gasteiger partial charge in [-0.05, 0) is 54.4 Å². The van der Waals surface area contributed by atoms with Crippen molar-refractivity contribution in [2.45, 2.75) is 38.6 Å². The molecule has 1 N–H and O–H groups in total. The van der Waals surface area contributed by atoms with Crippen molar-refractivity contribution in [3.8, 4) is 0 Å². The van der Waals surface area contributed by atoms with E-state index in [1.165, 1.54) is 29.7 Å². The molecule has 0 saturated carbocycles. The van der Waals surface area contributed by atoms with Gasteiger partial charge < -0.3 is 14.9 Å². The number of likely N-dealkylation sites (tertiary alicyclic amines) is 1. The number of rotatable bonds is 7. The Morgan fingerprint density at radius 1 is 1.13 bits per heavy atom. The summed E-state index contributed by atoms with van der Waals surface area (Å²) in [4.78, 5) is 30.8. The van der Waals surface area contributed by atoms with Gasteiger partial charge in [0.05, 0.1) is 16.5 Å². The van der Waals surface area contributed by atoms with Crippen molar-refractivity contribution < 1.29 is 14.7 Å². The van der Waals surface area contributed by atoms with E-state index >= 15 is 0 Å². The van der Waals surface area contributed by atoms with E-state index in [1.807, 2.05) is 35.7 Å². The lowest BCUT2D eigenvalue weighted by Crippen LogP contribution is -2.37. The van der Waals surface area contributed by atoms with Crippen LogP contribution in [0.3, 0.4) is 0 Å². The summed E-state index contributed by atoms with van der Waals surface area (Å²) in [6, 6.07) is 11.0. The molecule has 1 fully saturated rings. The number of carbonyl (C=O) groups is 2. The van der Waals surface area contributed by atoms with E-state index in [1.54, 1.807) is 11.0 Å². The number of thiophene rings is 1. The highest BCUT2D eigenvalue weighted by Gasteiger charge is 2.43. The van der Waals surface area contributed by atoms with Gasteiger partial charge in [0.25, 0.3) is 5.91 Å². The van der Waals surface area contributed by atoms with E-state index in [-0.39, 0.29) is 11.4 Å². The van der Waals surface area contributed by atoms with Crippen LogP contribution in [0.2, 0.25) is 0 Å². The fourth-order valence-corrected chi connectivity index (χ4v) is 5.00.